The molecule has 12 heteroatoms. The zero-order valence-corrected chi connectivity index (χ0v) is 22.0. The fourth-order valence-corrected chi connectivity index (χ4v) is 4.24. The third kappa shape index (κ3) is 5.61. The van der Waals surface area contributed by atoms with Gasteiger partial charge in [-0.3, -0.25) is 14.6 Å². The molecule has 0 aliphatic carbocycles. The topological polar surface area (TPSA) is 88.9 Å². The fourth-order valence-electron chi connectivity index (χ4n) is 3.63. The Balaban J connectivity index is 1.64. The van der Waals surface area contributed by atoms with Crippen molar-refractivity contribution in [2.45, 2.75) is 33.5 Å². The third-order valence-corrected chi connectivity index (χ3v) is 6.42. The normalized spacial score (nSPS) is 12.0. The van der Waals surface area contributed by atoms with E-state index >= 15 is 0 Å². The van der Waals surface area contributed by atoms with E-state index in [1.54, 1.807) is 45.0 Å². The molecule has 0 saturated carbocycles. The number of halogens is 5. The van der Waals surface area contributed by atoms with Crippen LogP contribution in [0.2, 0.25) is 10.0 Å². The van der Waals surface area contributed by atoms with Crippen LogP contribution in [0.25, 0.3) is 16.6 Å². The van der Waals surface area contributed by atoms with Crippen molar-refractivity contribution in [1.29, 1.82) is 0 Å². The highest BCUT2D eigenvalue weighted by atomic mass is 35.5. The lowest BCUT2D eigenvalue weighted by molar-refractivity contribution is -0.137. The standard InChI is InChI=1S/C26H22Cl2F3N5O2/c1-25(2,3)24(38)33-10-14-7-8-18(27)21(22(14)28)23(37)35-19-5-4-6-20-17(19)13-34-36(20)16-9-15(11-32-12-16)26(29,30)31/h4-9,11-13H,10H2,1-3H3,(H,33,38)(H,35,37). The second-order valence-electron chi connectivity index (χ2n) is 9.51. The second-order valence-corrected chi connectivity index (χ2v) is 10.3. The Bertz CT molecular complexity index is 1540. The molecule has 4 aromatic rings. The first kappa shape index (κ1) is 27.4. The van der Waals surface area contributed by atoms with Crippen molar-refractivity contribution in [2.24, 2.45) is 5.41 Å². The number of nitrogens with zero attached hydrogens (tertiary/aromatic N) is 3. The molecule has 4 rings (SSSR count). The summed E-state index contributed by atoms with van der Waals surface area (Å²) in [5.74, 6) is -0.792. The molecular formula is C26H22Cl2F3N5O2. The number of carbonyl (C=O) groups excluding carboxylic acids is 2. The summed E-state index contributed by atoms with van der Waals surface area (Å²) in [6, 6.07) is 8.97. The number of hydrogen-bond acceptors (Lipinski definition) is 4. The molecule has 0 unspecified atom stereocenters. The maximum atomic E-state index is 13.3. The maximum absolute atomic E-state index is 13.3. The van der Waals surface area contributed by atoms with Crippen LogP contribution >= 0.6 is 23.2 Å². The maximum Gasteiger partial charge on any atom is 0.417 e. The molecule has 7 nitrogen and oxygen atoms in total. The number of pyridine rings is 1. The van der Waals surface area contributed by atoms with E-state index in [2.05, 4.69) is 20.7 Å². The lowest BCUT2D eigenvalue weighted by Crippen LogP contribution is -2.34. The number of benzene rings is 2. The molecule has 0 saturated heterocycles. The van der Waals surface area contributed by atoms with Gasteiger partial charge in [-0.15, -0.1) is 0 Å². The molecular weight excluding hydrogens is 542 g/mol. The summed E-state index contributed by atoms with van der Waals surface area (Å²) in [4.78, 5) is 29.2. The minimum atomic E-state index is -4.56. The molecule has 0 atom stereocenters. The van der Waals surface area contributed by atoms with Crippen LogP contribution in [0.1, 0.15) is 42.3 Å². The highest BCUT2D eigenvalue weighted by molar-refractivity contribution is 6.41. The minimum Gasteiger partial charge on any atom is -0.352 e. The van der Waals surface area contributed by atoms with E-state index in [4.69, 9.17) is 23.2 Å². The zero-order valence-electron chi connectivity index (χ0n) is 20.5. The predicted molar refractivity (Wildman–Crippen MR) is 140 cm³/mol. The highest BCUT2D eigenvalue weighted by Gasteiger charge is 2.31. The molecule has 2 amide bonds. The predicted octanol–water partition coefficient (Wildman–Crippen LogP) is 6.66. The number of hydrogen-bond donors (Lipinski definition) is 2. The first-order valence-corrected chi connectivity index (χ1v) is 12.1. The average molecular weight is 564 g/mol. The molecule has 0 spiro atoms. The molecule has 0 radical (unpaired) electrons. The highest BCUT2D eigenvalue weighted by Crippen LogP contribution is 2.33. The first-order valence-electron chi connectivity index (χ1n) is 11.3. The largest absolute Gasteiger partial charge is 0.417 e. The lowest BCUT2D eigenvalue weighted by Gasteiger charge is -2.18. The van der Waals surface area contributed by atoms with Gasteiger partial charge in [0.25, 0.3) is 5.91 Å². The number of aromatic nitrogens is 3. The quantitative estimate of drug-likeness (QED) is 0.284. The van der Waals surface area contributed by atoms with Crippen molar-refractivity contribution in [2.75, 3.05) is 5.32 Å². The van der Waals surface area contributed by atoms with Gasteiger partial charge >= 0.3 is 6.18 Å². The van der Waals surface area contributed by atoms with Crippen molar-refractivity contribution in [3.05, 3.63) is 81.7 Å². The summed E-state index contributed by atoms with van der Waals surface area (Å²) >= 11 is 12.8. The minimum absolute atomic E-state index is 0.0160. The fraction of sp³-hybridized carbons (Fsp3) is 0.231. The van der Waals surface area contributed by atoms with E-state index < -0.39 is 23.1 Å². The summed E-state index contributed by atoms with van der Waals surface area (Å²) in [5.41, 5.74) is -0.103. The van der Waals surface area contributed by atoms with Gasteiger partial charge in [-0.05, 0) is 29.8 Å². The number of nitrogens with one attached hydrogen (secondary N) is 2. The Hall–Kier alpha value is -3.63. The monoisotopic (exact) mass is 563 g/mol. The van der Waals surface area contributed by atoms with Gasteiger partial charge in [0.2, 0.25) is 5.91 Å². The number of alkyl halides is 3. The summed E-state index contributed by atoms with van der Waals surface area (Å²) in [5, 5.41) is 10.4. The van der Waals surface area contributed by atoms with E-state index in [0.717, 1.165) is 12.3 Å². The molecule has 0 aliphatic rings. The van der Waals surface area contributed by atoms with Gasteiger partial charge < -0.3 is 10.6 Å². The molecule has 2 aromatic heterocycles. The van der Waals surface area contributed by atoms with Gasteiger partial charge in [0.1, 0.15) is 0 Å². The Labute approximate surface area is 225 Å². The molecule has 2 N–H and O–H groups in total. The SMILES string of the molecule is CC(C)(C)C(=O)NCc1ccc(Cl)c(C(=O)Nc2cccc3c2cnn3-c2cncc(C(F)(F)F)c2)c1Cl. The van der Waals surface area contributed by atoms with Crippen LogP contribution in [-0.2, 0) is 17.5 Å². The van der Waals surface area contributed by atoms with Crippen LogP contribution in [-0.4, -0.2) is 26.6 Å². The van der Waals surface area contributed by atoms with E-state index in [-0.39, 0.29) is 33.7 Å². The van der Waals surface area contributed by atoms with Crippen molar-refractivity contribution in [3.63, 3.8) is 0 Å². The molecule has 2 aromatic carbocycles. The summed E-state index contributed by atoms with van der Waals surface area (Å²) in [6.45, 7) is 5.42. The van der Waals surface area contributed by atoms with Crippen LogP contribution in [0.15, 0.2) is 55.0 Å². The lowest BCUT2D eigenvalue weighted by atomic mass is 9.95. The number of anilines is 1. The molecule has 2 heterocycles. The number of amides is 2. The van der Waals surface area contributed by atoms with Crippen molar-refractivity contribution < 1.29 is 22.8 Å². The third-order valence-electron chi connectivity index (χ3n) is 5.68. The number of carbonyl (C=O) groups is 2. The van der Waals surface area contributed by atoms with E-state index in [1.807, 2.05) is 0 Å². The van der Waals surface area contributed by atoms with E-state index in [0.29, 0.717) is 22.2 Å². The molecule has 0 fully saturated rings. The molecule has 198 valence electrons. The summed E-state index contributed by atoms with van der Waals surface area (Å²) in [7, 11) is 0. The Morgan fingerprint density at radius 1 is 1.03 bits per heavy atom. The smallest absolute Gasteiger partial charge is 0.352 e. The van der Waals surface area contributed by atoms with Gasteiger partial charge in [0.15, 0.2) is 0 Å². The van der Waals surface area contributed by atoms with Crippen molar-refractivity contribution in [3.8, 4) is 5.69 Å². The second kappa shape index (κ2) is 10.3. The van der Waals surface area contributed by atoms with Gasteiger partial charge in [-0.1, -0.05) is 56.1 Å². The van der Waals surface area contributed by atoms with Gasteiger partial charge in [-0.2, -0.15) is 18.3 Å². The molecule has 0 bridgehead atoms. The number of fused-ring (bicyclic) bond motifs is 1. The Morgan fingerprint density at radius 3 is 2.45 bits per heavy atom. The Morgan fingerprint density at radius 2 is 1.76 bits per heavy atom. The van der Waals surface area contributed by atoms with Crippen LogP contribution in [0.5, 0.6) is 0 Å². The van der Waals surface area contributed by atoms with Crippen LogP contribution in [0.3, 0.4) is 0 Å². The zero-order chi connectivity index (χ0) is 27.8. The van der Waals surface area contributed by atoms with Gasteiger partial charge in [0.05, 0.1) is 50.5 Å². The first-order chi connectivity index (χ1) is 17.8. The Kier molecular flexibility index (Phi) is 7.40. The van der Waals surface area contributed by atoms with Crippen LogP contribution in [0, 0.1) is 5.41 Å². The van der Waals surface area contributed by atoms with Crippen LogP contribution < -0.4 is 10.6 Å². The molecule has 38 heavy (non-hydrogen) atoms. The van der Waals surface area contributed by atoms with E-state index in [9.17, 15) is 22.8 Å². The van der Waals surface area contributed by atoms with Gasteiger partial charge in [0, 0.05) is 23.5 Å². The summed E-state index contributed by atoms with van der Waals surface area (Å²) < 4.78 is 40.8. The van der Waals surface area contributed by atoms with Crippen molar-refractivity contribution >= 4 is 51.6 Å². The average Bonchev–Trinajstić information content (AvgIpc) is 3.27. The van der Waals surface area contributed by atoms with Crippen molar-refractivity contribution in [1.82, 2.24) is 20.1 Å². The molecule has 0 aliphatic heterocycles. The summed E-state index contributed by atoms with van der Waals surface area (Å²) in [6.07, 6.45) is -1.14. The van der Waals surface area contributed by atoms with E-state index in [1.165, 1.54) is 23.1 Å². The van der Waals surface area contributed by atoms with Crippen LogP contribution in [0.4, 0.5) is 18.9 Å². The number of rotatable bonds is 5. The van der Waals surface area contributed by atoms with Gasteiger partial charge in [-0.25, -0.2) is 4.68 Å².